The van der Waals surface area contributed by atoms with E-state index in [4.69, 9.17) is 9.47 Å². The average Bonchev–Trinajstić information content (AvgIpc) is 2.38. The third kappa shape index (κ3) is 5.59. The largest absolute Gasteiger partial charge is 0.483 e. The van der Waals surface area contributed by atoms with Crippen LogP contribution >= 0.6 is 0 Å². The van der Waals surface area contributed by atoms with Crippen LogP contribution in [-0.4, -0.2) is 39.3 Å². The lowest BCUT2D eigenvalue weighted by atomic mass is 10.1. The van der Waals surface area contributed by atoms with Gasteiger partial charge < -0.3 is 20.1 Å². The molecule has 0 spiro atoms. The molecular formula is C15H24N2O3. The van der Waals surface area contributed by atoms with Crippen LogP contribution in [-0.2, 0) is 16.1 Å². The number of ether oxygens (including phenoxy) is 2. The van der Waals surface area contributed by atoms with Gasteiger partial charge in [-0.15, -0.1) is 0 Å². The summed E-state index contributed by atoms with van der Waals surface area (Å²) in [4.78, 5) is 11.7. The van der Waals surface area contributed by atoms with Crippen molar-refractivity contribution in [3.63, 3.8) is 0 Å². The Bertz CT molecular complexity index is 435. The van der Waals surface area contributed by atoms with Gasteiger partial charge in [0.25, 0.3) is 5.91 Å². The predicted molar refractivity (Wildman–Crippen MR) is 78.9 cm³/mol. The Morgan fingerprint density at radius 2 is 2.15 bits per heavy atom. The van der Waals surface area contributed by atoms with E-state index in [-0.39, 0.29) is 18.6 Å². The van der Waals surface area contributed by atoms with Crippen molar-refractivity contribution in [1.29, 1.82) is 0 Å². The fourth-order valence-electron chi connectivity index (χ4n) is 1.93. The van der Waals surface area contributed by atoms with Gasteiger partial charge in [0.2, 0.25) is 0 Å². The van der Waals surface area contributed by atoms with Gasteiger partial charge in [-0.25, -0.2) is 0 Å². The molecule has 0 fully saturated rings. The summed E-state index contributed by atoms with van der Waals surface area (Å²) in [6.45, 7) is 5.12. The van der Waals surface area contributed by atoms with E-state index >= 15 is 0 Å². The van der Waals surface area contributed by atoms with Gasteiger partial charge in [-0.05, 0) is 27.0 Å². The number of carbonyl (C=O) groups excluding carboxylic acids is 1. The van der Waals surface area contributed by atoms with Gasteiger partial charge >= 0.3 is 0 Å². The van der Waals surface area contributed by atoms with E-state index in [1.54, 1.807) is 7.11 Å². The van der Waals surface area contributed by atoms with Crippen molar-refractivity contribution >= 4 is 5.91 Å². The van der Waals surface area contributed by atoms with Gasteiger partial charge in [-0.2, -0.15) is 0 Å². The molecule has 0 bridgehead atoms. The fourth-order valence-corrected chi connectivity index (χ4v) is 1.93. The molecule has 1 unspecified atom stereocenters. The van der Waals surface area contributed by atoms with Crippen molar-refractivity contribution in [3.05, 3.63) is 29.3 Å². The van der Waals surface area contributed by atoms with Gasteiger partial charge in [0.1, 0.15) is 5.75 Å². The Morgan fingerprint density at radius 1 is 1.40 bits per heavy atom. The van der Waals surface area contributed by atoms with Crippen LogP contribution in [0.1, 0.15) is 18.1 Å². The van der Waals surface area contributed by atoms with Crippen molar-refractivity contribution in [1.82, 2.24) is 10.6 Å². The van der Waals surface area contributed by atoms with Crippen LogP contribution in [0.4, 0.5) is 0 Å². The lowest BCUT2D eigenvalue weighted by molar-refractivity contribution is -0.124. The first kappa shape index (κ1) is 16.5. The van der Waals surface area contributed by atoms with Crippen molar-refractivity contribution in [2.45, 2.75) is 26.4 Å². The SMILES string of the molecule is CNCc1cc(C)ccc1OCC(=O)NC(C)COC. The van der Waals surface area contributed by atoms with Crippen LogP contribution in [0, 0.1) is 6.92 Å². The minimum Gasteiger partial charge on any atom is -0.483 e. The Morgan fingerprint density at radius 3 is 2.80 bits per heavy atom. The number of hydrogen-bond acceptors (Lipinski definition) is 4. The molecule has 0 saturated heterocycles. The molecule has 1 aromatic rings. The molecule has 0 heterocycles. The number of benzene rings is 1. The summed E-state index contributed by atoms with van der Waals surface area (Å²) in [6.07, 6.45) is 0. The highest BCUT2D eigenvalue weighted by molar-refractivity contribution is 5.77. The molecule has 5 nitrogen and oxygen atoms in total. The van der Waals surface area contributed by atoms with E-state index < -0.39 is 0 Å². The number of nitrogens with one attached hydrogen (secondary N) is 2. The molecule has 0 aliphatic carbocycles. The van der Waals surface area contributed by atoms with Gasteiger partial charge in [0, 0.05) is 25.3 Å². The highest BCUT2D eigenvalue weighted by atomic mass is 16.5. The Kier molecular flexibility index (Phi) is 7.04. The Hall–Kier alpha value is -1.59. The molecule has 1 amide bonds. The van der Waals surface area contributed by atoms with Crippen LogP contribution in [0.15, 0.2) is 18.2 Å². The van der Waals surface area contributed by atoms with Crippen molar-refractivity contribution in [2.75, 3.05) is 27.4 Å². The quantitative estimate of drug-likeness (QED) is 0.752. The smallest absolute Gasteiger partial charge is 0.258 e. The van der Waals surface area contributed by atoms with E-state index in [1.165, 1.54) is 5.56 Å². The molecule has 0 aliphatic rings. The zero-order valence-electron chi connectivity index (χ0n) is 12.7. The van der Waals surface area contributed by atoms with Gasteiger partial charge in [0.05, 0.1) is 6.61 Å². The number of amides is 1. The molecule has 0 aliphatic heterocycles. The van der Waals surface area contributed by atoms with Crippen LogP contribution in [0.25, 0.3) is 0 Å². The molecule has 5 heteroatoms. The second-order valence-electron chi connectivity index (χ2n) is 4.85. The molecule has 0 aromatic heterocycles. The summed E-state index contributed by atoms with van der Waals surface area (Å²) >= 11 is 0. The predicted octanol–water partition coefficient (Wildman–Crippen LogP) is 1.24. The summed E-state index contributed by atoms with van der Waals surface area (Å²) in [6, 6.07) is 5.90. The molecule has 20 heavy (non-hydrogen) atoms. The Labute approximate surface area is 120 Å². The minimum absolute atomic E-state index is 0.00777. The second-order valence-corrected chi connectivity index (χ2v) is 4.85. The third-order valence-electron chi connectivity index (χ3n) is 2.77. The summed E-state index contributed by atoms with van der Waals surface area (Å²) in [7, 11) is 3.49. The average molecular weight is 280 g/mol. The maximum Gasteiger partial charge on any atom is 0.258 e. The molecular weight excluding hydrogens is 256 g/mol. The summed E-state index contributed by atoms with van der Waals surface area (Å²) in [5.74, 6) is 0.588. The van der Waals surface area contributed by atoms with Crippen molar-refractivity contribution < 1.29 is 14.3 Å². The maximum atomic E-state index is 11.7. The van der Waals surface area contributed by atoms with Gasteiger partial charge in [0.15, 0.2) is 6.61 Å². The zero-order chi connectivity index (χ0) is 15.0. The van der Waals surface area contributed by atoms with Crippen LogP contribution in [0.3, 0.4) is 0 Å². The first-order chi connectivity index (χ1) is 9.56. The fraction of sp³-hybridized carbons (Fsp3) is 0.533. The van der Waals surface area contributed by atoms with Crippen LogP contribution in [0.5, 0.6) is 5.75 Å². The first-order valence-electron chi connectivity index (χ1n) is 6.72. The van der Waals surface area contributed by atoms with E-state index in [0.717, 1.165) is 11.3 Å². The highest BCUT2D eigenvalue weighted by Crippen LogP contribution is 2.19. The normalized spacial score (nSPS) is 12.0. The number of hydrogen-bond donors (Lipinski definition) is 2. The Balaban J connectivity index is 2.54. The molecule has 2 N–H and O–H groups in total. The molecule has 1 aromatic carbocycles. The second kappa shape index (κ2) is 8.55. The maximum absolute atomic E-state index is 11.7. The molecule has 0 radical (unpaired) electrons. The lowest BCUT2D eigenvalue weighted by Crippen LogP contribution is -2.38. The summed E-state index contributed by atoms with van der Waals surface area (Å²) < 4.78 is 10.6. The lowest BCUT2D eigenvalue weighted by Gasteiger charge is -2.15. The zero-order valence-corrected chi connectivity index (χ0v) is 12.7. The van der Waals surface area contributed by atoms with Crippen molar-refractivity contribution in [2.24, 2.45) is 0 Å². The number of methoxy groups -OCH3 is 1. The topological polar surface area (TPSA) is 59.6 Å². The van der Waals surface area contributed by atoms with E-state index in [2.05, 4.69) is 16.7 Å². The number of carbonyl (C=O) groups is 1. The van der Waals surface area contributed by atoms with Gasteiger partial charge in [-0.1, -0.05) is 17.7 Å². The third-order valence-corrected chi connectivity index (χ3v) is 2.77. The minimum atomic E-state index is -0.148. The number of rotatable bonds is 8. The molecule has 0 saturated carbocycles. The van der Waals surface area contributed by atoms with Crippen molar-refractivity contribution in [3.8, 4) is 5.75 Å². The summed E-state index contributed by atoms with van der Waals surface area (Å²) in [5, 5.41) is 5.90. The number of aryl methyl sites for hydroxylation is 1. The van der Waals surface area contributed by atoms with E-state index in [0.29, 0.717) is 13.2 Å². The van der Waals surface area contributed by atoms with Crippen LogP contribution in [0.2, 0.25) is 0 Å². The molecule has 1 atom stereocenters. The monoisotopic (exact) mass is 280 g/mol. The standard InChI is InChI=1S/C15H24N2O3/c1-11-5-6-14(13(7-11)8-16-3)20-10-15(18)17-12(2)9-19-4/h5-7,12,16H,8-10H2,1-4H3,(H,17,18). The summed E-state index contributed by atoms with van der Waals surface area (Å²) in [5.41, 5.74) is 2.21. The van der Waals surface area contributed by atoms with Gasteiger partial charge in [-0.3, -0.25) is 4.79 Å². The molecule has 112 valence electrons. The highest BCUT2D eigenvalue weighted by Gasteiger charge is 2.09. The molecule has 1 rings (SSSR count). The van der Waals surface area contributed by atoms with E-state index in [9.17, 15) is 4.79 Å². The first-order valence-corrected chi connectivity index (χ1v) is 6.72. The van der Waals surface area contributed by atoms with E-state index in [1.807, 2.05) is 33.0 Å². The van der Waals surface area contributed by atoms with Crippen LogP contribution < -0.4 is 15.4 Å².